The number of aliphatic hydroxyl groups excluding tert-OH is 5. The Morgan fingerprint density at radius 2 is 1.24 bits per heavy atom. The monoisotopic (exact) mass is 366 g/mol. The van der Waals surface area contributed by atoms with Crippen LogP contribution in [0.25, 0.3) is 0 Å². The minimum Gasteiger partial charge on any atom is -0.465 e. The van der Waals surface area contributed by atoms with Gasteiger partial charge in [-0.3, -0.25) is 4.79 Å². The molecule has 1 aliphatic rings. The lowest BCUT2D eigenvalue weighted by molar-refractivity contribution is -0.158. The lowest BCUT2D eigenvalue weighted by Crippen LogP contribution is -2.32. The Bertz CT molecular complexity index is 317. The van der Waals surface area contributed by atoms with E-state index in [0.717, 1.165) is 25.7 Å². The van der Waals surface area contributed by atoms with Crippen LogP contribution in [-0.2, 0) is 9.53 Å². The molecule has 5 N–H and O–H groups in total. The van der Waals surface area contributed by atoms with Gasteiger partial charge in [-0.05, 0) is 44.9 Å². The summed E-state index contributed by atoms with van der Waals surface area (Å²) in [5.74, 6) is -0.343. The highest BCUT2D eigenvalue weighted by molar-refractivity contribution is 5.76. The van der Waals surface area contributed by atoms with E-state index in [9.17, 15) is 4.79 Å². The largest absolute Gasteiger partial charge is 0.465 e. The number of carbonyl (C=O) groups excluding carboxylic acids is 1. The number of aliphatic hydroxyl groups is 5. The molecule has 0 heterocycles. The zero-order valence-corrected chi connectivity index (χ0v) is 16.4. The van der Waals surface area contributed by atoms with Gasteiger partial charge in [0.25, 0.3) is 0 Å². The maximum Gasteiger partial charge on any atom is 0.313 e. The second kappa shape index (κ2) is 13.5. The lowest BCUT2D eigenvalue weighted by atomic mass is 9.94. The van der Waals surface area contributed by atoms with Gasteiger partial charge in [-0.15, -0.1) is 0 Å². The maximum atomic E-state index is 11.4. The van der Waals surface area contributed by atoms with Gasteiger partial charge in [0, 0.05) is 0 Å². The van der Waals surface area contributed by atoms with E-state index in [-0.39, 0.29) is 43.4 Å². The molecule has 7 nitrogen and oxygen atoms in total. The molecule has 25 heavy (non-hydrogen) atoms. The summed E-state index contributed by atoms with van der Waals surface area (Å²) in [6.45, 7) is 9.26. The summed E-state index contributed by atoms with van der Waals surface area (Å²) in [4.78, 5) is 11.4. The minimum absolute atomic E-state index is 0.0266. The van der Waals surface area contributed by atoms with Crippen LogP contribution in [0.4, 0.5) is 0 Å². The van der Waals surface area contributed by atoms with Crippen molar-refractivity contribution in [1.82, 2.24) is 0 Å². The number of hydrogen-bond acceptors (Lipinski definition) is 7. The van der Waals surface area contributed by atoms with Gasteiger partial charge in [-0.25, -0.2) is 0 Å². The summed E-state index contributed by atoms with van der Waals surface area (Å²) < 4.78 is 5.06. The summed E-state index contributed by atoms with van der Waals surface area (Å²) >= 11 is 0. The van der Waals surface area contributed by atoms with Crippen LogP contribution in [0.15, 0.2) is 0 Å². The van der Waals surface area contributed by atoms with E-state index in [4.69, 9.17) is 30.3 Å². The fourth-order valence-electron chi connectivity index (χ4n) is 1.60. The van der Waals surface area contributed by atoms with Gasteiger partial charge in [0.05, 0.1) is 44.1 Å². The van der Waals surface area contributed by atoms with Gasteiger partial charge >= 0.3 is 5.97 Å². The predicted octanol–water partition coefficient (Wildman–Crippen LogP) is 0.847. The highest BCUT2D eigenvalue weighted by Gasteiger charge is 2.29. The molecule has 0 atom stereocenters. The third-order valence-corrected chi connectivity index (χ3v) is 3.35. The molecule has 1 saturated carbocycles. The van der Waals surface area contributed by atoms with Crippen molar-refractivity contribution >= 4 is 5.97 Å². The molecule has 152 valence electrons. The van der Waals surface area contributed by atoms with Gasteiger partial charge in [-0.2, -0.15) is 0 Å². The zero-order valence-electron chi connectivity index (χ0n) is 16.4. The van der Waals surface area contributed by atoms with Crippen LogP contribution in [0.3, 0.4) is 0 Å². The van der Waals surface area contributed by atoms with Crippen LogP contribution >= 0.6 is 0 Å². The van der Waals surface area contributed by atoms with Gasteiger partial charge < -0.3 is 30.3 Å². The second-order valence-electron chi connectivity index (χ2n) is 8.09. The Kier molecular flexibility index (Phi) is 14.3. The van der Waals surface area contributed by atoms with Crippen molar-refractivity contribution in [2.45, 2.75) is 72.5 Å². The second-order valence-corrected chi connectivity index (χ2v) is 8.09. The van der Waals surface area contributed by atoms with Crippen molar-refractivity contribution < 1.29 is 35.1 Å². The molecule has 0 aromatic carbocycles. The van der Waals surface area contributed by atoms with Crippen molar-refractivity contribution in [2.24, 2.45) is 10.8 Å². The number of rotatable bonds is 4. The average Bonchev–Trinajstić information content (AvgIpc) is 2.55. The highest BCUT2D eigenvalue weighted by Crippen LogP contribution is 2.19. The topological polar surface area (TPSA) is 127 Å². The van der Waals surface area contributed by atoms with E-state index in [1.165, 1.54) is 0 Å². The first-order chi connectivity index (χ1) is 11.4. The van der Waals surface area contributed by atoms with E-state index in [1.807, 2.05) is 20.8 Å². The van der Waals surface area contributed by atoms with E-state index >= 15 is 0 Å². The number of carbonyl (C=O) groups is 1. The van der Waals surface area contributed by atoms with Crippen molar-refractivity contribution in [3.63, 3.8) is 0 Å². The molecule has 0 aromatic rings. The van der Waals surface area contributed by atoms with Crippen molar-refractivity contribution in [3.05, 3.63) is 0 Å². The molecule has 0 unspecified atom stereocenters. The van der Waals surface area contributed by atoms with Gasteiger partial charge in [0.2, 0.25) is 0 Å². The summed E-state index contributed by atoms with van der Waals surface area (Å²) in [7, 11) is 0. The molecule has 0 amide bonds. The Labute approximate surface area is 151 Å². The van der Waals surface area contributed by atoms with Crippen molar-refractivity contribution in [3.8, 4) is 0 Å². The van der Waals surface area contributed by atoms with Crippen molar-refractivity contribution in [1.29, 1.82) is 0 Å². The standard InChI is InChI=1S/C10H20O3.C6H12O2.C2H6O2/c1-9(2,3)7-13-8(12)10(4,5)6-11;7-5-1-2-6(8)4-3-5;3-1-2-4/h11H,6-7H2,1-5H3;5-8H,1-4H2;3-4H,1-2H2. The Balaban J connectivity index is 0. The van der Waals surface area contributed by atoms with Gasteiger partial charge in [0.1, 0.15) is 0 Å². The number of hydrogen-bond donors (Lipinski definition) is 5. The van der Waals surface area contributed by atoms with E-state index in [2.05, 4.69) is 0 Å². The Morgan fingerprint density at radius 1 is 0.880 bits per heavy atom. The average molecular weight is 366 g/mol. The molecule has 0 radical (unpaired) electrons. The molecule has 1 fully saturated rings. The molecule has 1 aliphatic carbocycles. The lowest BCUT2D eigenvalue weighted by Gasteiger charge is -2.23. The molecule has 0 aromatic heterocycles. The highest BCUT2D eigenvalue weighted by atomic mass is 16.5. The van der Waals surface area contributed by atoms with Crippen LogP contribution in [0.1, 0.15) is 60.3 Å². The molecular formula is C18H38O7. The molecule has 0 spiro atoms. The van der Waals surface area contributed by atoms with E-state index in [1.54, 1.807) is 13.8 Å². The fraction of sp³-hybridized carbons (Fsp3) is 0.944. The molecule has 0 aliphatic heterocycles. The first-order valence-electron chi connectivity index (χ1n) is 8.75. The Morgan fingerprint density at radius 3 is 1.48 bits per heavy atom. The van der Waals surface area contributed by atoms with Crippen LogP contribution in [0.2, 0.25) is 0 Å². The molecule has 7 heteroatoms. The molecular weight excluding hydrogens is 328 g/mol. The van der Waals surface area contributed by atoms with Crippen LogP contribution in [0.5, 0.6) is 0 Å². The quantitative estimate of drug-likeness (QED) is 0.467. The van der Waals surface area contributed by atoms with E-state index < -0.39 is 5.41 Å². The van der Waals surface area contributed by atoms with Crippen LogP contribution in [0, 0.1) is 10.8 Å². The number of ether oxygens (including phenoxy) is 1. The minimum atomic E-state index is -0.786. The first kappa shape index (κ1) is 26.5. The van der Waals surface area contributed by atoms with Crippen LogP contribution in [-0.4, -0.2) is 70.1 Å². The molecule has 1 rings (SSSR count). The van der Waals surface area contributed by atoms with Crippen LogP contribution < -0.4 is 0 Å². The maximum absolute atomic E-state index is 11.4. The molecule has 0 saturated heterocycles. The zero-order chi connectivity index (χ0) is 20.1. The third-order valence-electron chi connectivity index (χ3n) is 3.35. The molecule has 0 bridgehead atoms. The SMILES string of the molecule is CC(C)(C)COC(=O)C(C)(C)CO.OC1CCC(O)CC1.OCCO. The smallest absolute Gasteiger partial charge is 0.313 e. The summed E-state index contributed by atoms with van der Waals surface area (Å²) in [5.41, 5.74) is -0.813. The van der Waals surface area contributed by atoms with Crippen molar-refractivity contribution in [2.75, 3.05) is 26.4 Å². The van der Waals surface area contributed by atoms with E-state index in [0.29, 0.717) is 6.61 Å². The Hall–Kier alpha value is -0.730. The predicted molar refractivity (Wildman–Crippen MR) is 95.9 cm³/mol. The number of esters is 1. The fourth-order valence-corrected chi connectivity index (χ4v) is 1.60. The summed E-state index contributed by atoms with van der Waals surface area (Å²) in [6.07, 6.45) is 2.83. The normalized spacial score (nSPS) is 20.6. The van der Waals surface area contributed by atoms with Gasteiger partial charge in [0.15, 0.2) is 0 Å². The third kappa shape index (κ3) is 16.5. The summed E-state index contributed by atoms with van der Waals surface area (Å²) in [6, 6.07) is 0. The first-order valence-corrected chi connectivity index (χ1v) is 8.75. The van der Waals surface area contributed by atoms with Gasteiger partial charge in [-0.1, -0.05) is 20.8 Å². The summed E-state index contributed by atoms with van der Waals surface area (Å²) in [5, 5.41) is 42.0.